The van der Waals surface area contributed by atoms with E-state index in [9.17, 15) is 18.4 Å². The number of aromatic nitrogens is 4. The van der Waals surface area contributed by atoms with E-state index in [1.54, 1.807) is 24.3 Å². The summed E-state index contributed by atoms with van der Waals surface area (Å²) in [4.78, 5) is 51.2. The fourth-order valence-electron chi connectivity index (χ4n) is 7.94. The van der Waals surface area contributed by atoms with Crippen molar-refractivity contribution < 1.29 is 18.4 Å². The van der Waals surface area contributed by atoms with Gasteiger partial charge in [0.15, 0.2) is 0 Å². The highest BCUT2D eigenvalue weighted by Gasteiger charge is 2.29. The summed E-state index contributed by atoms with van der Waals surface area (Å²) in [5.74, 6) is 12.6. The Morgan fingerprint density at radius 1 is 0.597 bits per heavy atom. The average Bonchev–Trinajstić information content (AvgIpc) is 3.35. The van der Waals surface area contributed by atoms with Crippen molar-refractivity contribution in [2.24, 2.45) is 0 Å². The molecular formula is C54H56Cl2F2N12O2. The number of carbonyl (C=O) groups is 2. The Morgan fingerprint density at radius 3 is 1.32 bits per heavy atom. The fourth-order valence-corrected chi connectivity index (χ4v) is 8.30. The van der Waals surface area contributed by atoms with Crippen LogP contribution < -0.4 is 21.3 Å². The van der Waals surface area contributed by atoms with E-state index in [4.69, 9.17) is 23.2 Å². The van der Waals surface area contributed by atoms with Gasteiger partial charge in [-0.15, -0.1) is 0 Å². The third kappa shape index (κ3) is 13.3. The minimum Gasteiger partial charge on any atom is -0.340 e. The Kier molecular flexibility index (Phi) is 16.9. The molecule has 0 radical (unpaired) electrons. The van der Waals surface area contributed by atoms with Crippen LogP contribution in [0.1, 0.15) is 38.8 Å². The van der Waals surface area contributed by atoms with E-state index >= 15 is 0 Å². The van der Waals surface area contributed by atoms with Gasteiger partial charge in [-0.25, -0.2) is 28.7 Å². The Hall–Kier alpha value is -7.02. The number of piperazine rings is 2. The van der Waals surface area contributed by atoms with Gasteiger partial charge in [0.05, 0.1) is 54.7 Å². The molecule has 2 aliphatic rings. The maximum absolute atomic E-state index is 13.6. The van der Waals surface area contributed by atoms with Crippen LogP contribution in [-0.4, -0.2) is 129 Å². The first-order chi connectivity index (χ1) is 34.3. The van der Waals surface area contributed by atoms with Gasteiger partial charge in [-0.3, -0.25) is 19.4 Å². The molecule has 72 heavy (non-hydrogen) atoms. The molecule has 0 saturated carbocycles. The van der Waals surface area contributed by atoms with Crippen LogP contribution in [0.15, 0.2) is 98.6 Å². The van der Waals surface area contributed by atoms with Crippen molar-refractivity contribution in [3.05, 3.63) is 131 Å². The fraction of sp³-hybridized carbons (Fsp3) is 0.296. The highest BCUT2D eigenvalue weighted by molar-refractivity contribution is 6.31. The molecule has 6 aromatic rings. The first kappa shape index (κ1) is 52.8. The summed E-state index contributed by atoms with van der Waals surface area (Å²) >= 11 is 11.9. The summed E-state index contributed by atoms with van der Waals surface area (Å²) in [5.41, 5.74) is 4.01. The second-order valence-corrected chi connectivity index (χ2v) is 19.2. The van der Waals surface area contributed by atoms with Crippen LogP contribution in [0.5, 0.6) is 0 Å². The molecule has 4 N–H and O–H groups in total. The van der Waals surface area contributed by atoms with Gasteiger partial charge < -0.3 is 31.1 Å². The molecule has 0 spiro atoms. The zero-order valence-corrected chi connectivity index (χ0v) is 42.6. The van der Waals surface area contributed by atoms with Crippen molar-refractivity contribution in [3.63, 3.8) is 0 Å². The standard InChI is InChI=1S/2C27H28ClFN6O/c2*1-5-25(36)33-23-16-20-24(30-17-31-26(20)32-19-6-7-22(29)21(28)15-19)14-18(23)8-9-27(2,3)35-12-10-34(4)11-13-35/h2*5-7,14-17H,1,10-13H2,2-4H3,(H,33,36)(H,30,31,32). The SMILES string of the molecule is C=CC(=O)Nc1cc2c(Nc3ccc(F)c(Cl)c3)ncnc2cc1C#CC(C)(C)N1CCN(C)CC1.C=CC(=O)Nc1cc2c(Nc3ccc(F)c(Cl)c3)ncnc2cc1C#CC(C)(C)N1CCN(C)CC1. The topological polar surface area (TPSA) is 147 Å². The Balaban J connectivity index is 0.000000211. The van der Waals surface area contributed by atoms with Crippen LogP contribution in [0, 0.1) is 35.3 Å². The van der Waals surface area contributed by atoms with Gasteiger partial charge >= 0.3 is 0 Å². The van der Waals surface area contributed by atoms with Crippen LogP contribution >= 0.6 is 23.2 Å². The molecule has 2 fully saturated rings. The molecule has 4 heterocycles. The number of amides is 2. The molecule has 14 nitrogen and oxygen atoms in total. The van der Waals surface area contributed by atoms with E-state index in [-0.39, 0.29) is 32.9 Å². The second kappa shape index (κ2) is 23.0. The van der Waals surface area contributed by atoms with Crippen molar-refractivity contribution >= 4 is 91.2 Å². The predicted molar refractivity (Wildman–Crippen MR) is 286 cm³/mol. The number of nitrogens with zero attached hydrogens (tertiary/aromatic N) is 8. The number of rotatable bonds is 10. The van der Waals surface area contributed by atoms with Gasteiger partial charge in [0, 0.05) is 74.5 Å². The zero-order chi connectivity index (χ0) is 51.7. The van der Waals surface area contributed by atoms with Crippen LogP contribution in [0.25, 0.3) is 21.8 Å². The van der Waals surface area contributed by atoms with E-state index < -0.39 is 11.6 Å². The van der Waals surface area contributed by atoms with Crippen LogP contribution in [0.4, 0.5) is 43.2 Å². The van der Waals surface area contributed by atoms with Crippen molar-refractivity contribution in [1.29, 1.82) is 0 Å². The lowest BCUT2D eigenvalue weighted by atomic mass is 10.0. The summed E-state index contributed by atoms with van der Waals surface area (Å²) in [7, 11) is 4.24. The summed E-state index contributed by atoms with van der Waals surface area (Å²) in [5, 5.41) is 13.3. The van der Waals surface area contributed by atoms with Gasteiger partial charge in [0.2, 0.25) is 11.8 Å². The van der Waals surface area contributed by atoms with Crippen molar-refractivity contribution in [2.45, 2.75) is 38.8 Å². The molecular weight excluding hydrogens is 958 g/mol. The number of fused-ring (bicyclic) bond motifs is 2. The number of carbonyl (C=O) groups excluding carboxylic acids is 2. The number of hydrogen-bond donors (Lipinski definition) is 4. The van der Waals surface area contributed by atoms with Gasteiger partial charge in [-0.05, 0) is 115 Å². The molecule has 372 valence electrons. The number of benzene rings is 4. The zero-order valence-electron chi connectivity index (χ0n) is 41.1. The van der Waals surface area contributed by atoms with Crippen molar-refractivity contribution in [3.8, 4) is 23.7 Å². The van der Waals surface area contributed by atoms with Gasteiger partial charge in [-0.1, -0.05) is 60.0 Å². The minimum atomic E-state index is -0.508. The lowest BCUT2D eigenvalue weighted by Gasteiger charge is -2.40. The van der Waals surface area contributed by atoms with E-state index in [1.165, 1.54) is 49.1 Å². The van der Waals surface area contributed by atoms with Crippen molar-refractivity contribution in [2.75, 3.05) is 87.7 Å². The third-order valence-corrected chi connectivity index (χ3v) is 13.0. The number of likely N-dealkylation sites (N-methyl/N-ethyl adjacent to an activating group) is 2. The molecule has 0 aliphatic carbocycles. The van der Waals surface area contributed by atoms with Gasteiger partial charge in [0.25, 0.3) is 0 Å². The summed E-state index contributed by atoms with van der Waals surface area (Å²) in [6.45, 7) is 23.2. The highest BCUT2D eigenvalue weighted by Crippen LogP contribution is 2.32. The molecule has 0 bridgehead atoms. The molecule has 4 aromatic carbocycles. The molecule has 2 aliphatic heterocycles. The van der Waals surface area contributed by atoms with Gasteiger partial charge in [-0.2, -0.15) is 0 Å². The monoisotopic (exact) mass is 1010 g/mol. The number of anilines is 6. The smallest absolute Gasteiger partial charge is 0.247 e. The molecule has 2 aromatic heterocycles. The average molecular weight is 1010 g/mol. The van der Waals surface area contributed by atoms with Crippen LogP contribution in [-0.2, 0) is 9.59 Å². The normalized spacial score (nSPS) is 14.7. The maximum Gasteiger partial charge on any atom is 0.247 e. The highest BCUT2D eigenvalue weighted by atomic mass is 35.5. The van der Waals surface area contributed by atoms with E-state index in [0.717, 1.165) is 52.4 Å². The van der Waals surface area contributed by atoms with E-state index in [0.29, 0.717) is 67.3 Å². The summed E-state index contributed by atoms with van der Waals surface area (Å²) in [6, 6.07) is 15.8. The largest absolute Gasteiger partial charge is 0.340 e. The quantitative estimate of drug-likeness (QED) is 0.0767. The minimum absolute atomic E-state index is 0.00202. The van der Waals surface area contributed by atoms with Crippen LogP contribution in [0.3, 0.4) is 0 Å². The number of halogens is 4. The Bertz CT molecular complexity index is 2950. The number of hydrogen-bond acceptors (Lipinski definition) is 12. The molecule has 8 rings (SSSR count). The van der Waals surface area contributed by atoms with Crippen molar-refractivity contribution in [1.82, 2.24) is 39.5 Å². The molecule has 18 heteroatoms. The molecule has 2 saturated heterocycles. The van der Waals surface area contributed by atoms with E-state index in [2.05, 4.69) is 139 Å². The Morgan fingerprint density at radius 2 is 0.972 bits per heavy atom. The molecule has 0 atom stereocenters. The second-order valence-electron chi connectivity index (χ2n) is 18.4. The predicted octanol–water partition coefficient (Wildman–Crippen LogP) is 9.34. The lowest BCUT2D eigenvalue weighted by Crippen LogP contribution is -2.53. The first-order valence-electron chi connectivity index (χ1n) is 23.1. The molecule has 0 unspecified atom stereocenters. The maximum atomic E-state index is 13.6. The third-order valence-electron chi connectivity index (χ3n) is 12.4. The molecule has 2 amide bonds. The summed E-state index contributed by atoms with van der Waals surface area (Å²) < 4.78 is 27.2. The Labute approximate surface area is 428 Å². The summed E-state index contributed by atoms with van der Waals surface area (Å²) in [6.07, 6.45) is 5.28. The number of nitrogens with one attached hydrogen (secondary N) is 4. The van der Waals surface area contributed by atoms with Crippen LogP contribution in [0.2, 0.25) is 10.0 Å². The van der Waals surface area contributed by atoms with E-state index in [1.807, 2.05) is 12.1 Å². The lowest BCUT2D eigenvalue weighted by molar-refractivity contribution is -0.112. The van der Waals surface area contributed by atoms with Gasteiger partial charge in [0.1, 0.15) is 35.9 Å². The first-order valence-corrected chi connectivity index (χ1v) is 23.9.